The van der Waals surface area contributed by atoms with E-state index in [1.807, 2.05) is 0 Å². The molecule has 0 unspecified atom stereocenters. The number of rotatable bonds is 1. The molecule has 0 aromatic heterocycles. The molecular weight excluding hydrogens is 215 g/mol. The fourth-order valence-electron chi connectivity index (χ4n) is 1.06. The van der Waals surface area contributed by atoms with E-state index in [4.69, 9.17) is 0 Å². The van der Waals surface area contributed by atoms with Gasteiger partial charge in [0.25, 0.3) is 0 Å². The average Bonchev–Trinajstić information content (AvgIpc) is 2.13. The Kier molecular flexibility index (Phi) is 8.20. The van der Waals surface area contributed by atoms with Gasteiger partial charge >= 0.3 is 68.2 Å². The van der Waals surface area contributed by atoms with Crippen molar-refractivity contribution in [2.45, 2.75) is 20.3 Å². The largest absolute Gasteiger partial charge is 1.00 e. The van der Waals surface area contributed by atoms with Crippen molar-refractivity contribution < 1.29 is 45.2 Å². The van der Waals surface area contributed by atoms with Crippen LogP contribution < -0.4 is 24.8 Å². The molecule has 1 aliphatic rings. The molecule has 0 fully saturated rings. The SMILES string of the molecule is CC(C)C1=[C]([Ti+2])CC=C1.[Cl-].[Cl-]. The Bertz CT molecular complexity index is 171. The number of hydrogen-bond donors (Lipinski definition) is 0. The standard InChI is InChI=1S/C8H11.2ClH.Ti/c1-7(2)8-5-3-4-6-8;;;/h3,5,7H,4H2,1-2H3;2*1H;/q;;;+2/p-2. The Hall–Kier alpha value is 0.774. The minimum Gasteiger partial charge on any atom is -1.00 e. The molecule has 0 saturated heterocycles. The maximum Gasteiger partial charge on any atom is -1.00 e. The van der Waals surface area contributed by atoms with Crippen LogP contribution in [-0.2, 0) is 20.4 Å². The second kappa shape index (κ2) is 6.31. The molecule has 0 saturated carbocycles. The van der Waals surface area contributed by atoms with Gasteiger partial charge in [0, 0.05) is 0 Å². The molecule has 61 valence electrons. The molecule has 11 heavy (non-hydrogen) atoms. The summed E-state index contributed by atoms with van der Waals surface area (Å²) in [6.07, 6.45) is 5.66. The van der Waals surface area contributed by atoms with E-state index in [9.17, 15) is 0 Å². The van der Waals surface area contributed by atoms with Crippen LogP contribution in [0, 0.1) is 5.92 Å². The van der Waals surface area contributed by atoms with Gasteiger partial charge in [0.05, 0.1) is 0 Å². The quantitative estimate of drug-likeness (QED) is 0.405. The van der Waals surface area contributed by atoms with Gasteiger partial charge in [0.15, 0.2) is 0 Å². The van der Waals surface area contributed by atoms with Crippen molar-refractivity contribution in [3.05, 3.63) is 21.6 Å². The molecule has 0 aliphatic heterocycles. The van der Waals surface area contributed by atoms with Crippen molar-refractivity contribution in [2.75, 3.05) is 0 Å². The van der Waals surface area contributed by atoms with Crippen molar-refractivity contribution in [1.29, 1.82) is 0 Å². The van der Waals surface area contributed by atoms with Gasteiger partial charge in [-0.05, 0) is 0 Å². The zero-order chi connectivity index (χ0) is 6.85. The zero-order valence-corrected chi connectivity index (χ0v) is 9.77. The molecule has 0 spiro atoms. The van der Waals surface area contributed by atoms with Crippen LogP contribution in [0.5, 0.6) is 0 Å². The molecule has 0 N–H and O–H groups in total. The number of hydrogen-bond acceptors (Lipinski definition) is 0. The summed E-state index contributed by atoms with van der Waals surface area (Å²) >= 11 is 2.22. The van der Waals surface area contributed by atoms with E-state index in [0.717, 1.165) is 0 Å². The minimum atomic E-state index is 0. The number of halogens is 2. The first-order valence-corrected chi connectivity index (χ1v) is 4.11. The molecule has 1 rings (SSSR count). The third kappa shape index (κ3) is 3.80. The normalized spacial score (nSPS) is 15.0. The second-order valence-electron chi connectivity index (χ2n) is 2.70. The Morgan fingerprint density at radius 3 is 2.09 bits per heavy atom. The van der Waals surface area contributed by atoms with E-state index in [-0.39, 0.29) is 24.8 Å². The third-order valence-electron chi connectivity index (χ3n) is 1.59. The van der Waals surface area contributed by atoms with E-state index >= 15 is 0 Å². The predicted molar refractivity (Wildman–Crippen MR) is 35.6 cm³/mol. The second-order valence-corrected chi connectivity index (χ2v) is 3.64. The van der Waals surface area contributed by atoms with E-state index < -0.39 is 0 Å². The summed E-state index contributed by atoms with van der Waals surface area (Å²) in [6, 6.07) is 0. The smallest absolute Gasteiger partial charge is 1.00 e. The first-order chi connectivity index (χ1) is 4.22. The van der Waals surface area contributed by atoms with Gasteiger partial charge in [-0.2, -0.15) is 0 Å². The maximum absolute atomic E-state index is 2.25. The van der Waals surface area contributed by atoms with Gasteiger partial charge in [0.2, 0.25) is 0 Å². The summed E-state index contributed by atoms with van der Waals surface area (Å²) in [5, 5.41) is 0. The van der Waals surface area contributed by atoms with Crippen molar-refractivity contribution in [1.82, 2.24) is 0 Å². The molecule has 0 bridgehead atoms. The van der Waals surface area contributed by atoms with Gasteiger partial charge in [0.1, 0.15) is 0 Å². The van der Waals surface area contributed by atoms with Gasteiger partial charge in [-0.1, -0.05) is 0 Å². The molecule has 1 aliphatic carbocycles. The summed E-state index contributed by atoms with van der Waals surface area (Å²) in [5.74, 6) is 0.712. The van der Waals surface area contributed by atoms with E-state index in [1.54, 1.807) is 3.88 Å². The van der Waals surface area contributed by atoms with Crippen molar-refractivity contribution in [3.63, 3.8) is 0 Å². The Morgan fingerprint density at radius 1 is 1.36 bits per heavy atom. The van der Waals surface area contributed by atoms with Crippen LogP contribution in [0.15, 0.2) is 21.6 Å². The summed E-state index contributed by atoms with van der Waals surface area (Å²) < 4.78 is 1.55. The summed E-state index contributed by atoms with van der Waals surface area (Å²) in [5.41, 5.74) is 1.54. The van der Waals surface area contributed by atoms with Crippen molar-refractivity contribution in [2.24, 2.45) is 5.92 Å². The fraction of sp³-hybridized carbons (Fsp3) is 0.500. The molecular formula is C8H11Cl2Ti. The third-order valence-corrected chi connectivity index (χ3v) is 2.36. The Morgan fingerprint density at radius 2 is 1.91 bits per heavy atom. The molecule has 0 aromatic rings. The molecule has 0 atom stereocenters. The molecule has 3 heteroatoms. The predicted octanol–water partition coefficient (Wildman–Crippen LogP) is -3.59. The van der Waals surface area contributed by atoms with Crippen LogP contribution in [0.2, 0.25) is 0 Å². The Labute approximate surface area is 92.7 Å². The molecule has 0 nitrogen and oxygen atoms in total. The van der Waals surface area contributed by atoms with Crippen molar-refractivity contribution in [3.8, 4) is 0 Å². The zero-order valence-electron chi connectivity index (χ0n) is 6.70. The topological polar surface area (TPSA) is 0 Å². The van der Waals surface area contributed by atoms with Crippen LogP contribution in [0.1, 0.15) is 20.3 Å². The maximum atomic E-state index is 2.25. The van der Waals surface area contributed by atoms with Crippen LogP contribution in [0.3, 0.4) is 0 Å². The van der Waals surface area contributed by atoms with Crippen LogP contribution in [0.25, 0.3) is 0 Å². The minimum absolute atomic E-state index is 0. The molecule has 0 heterocycles. The van der Waals surface area contributed by atoms with E-state index in [1.165, 1.54) is 12.0 Å². The summed E-state index contributed by atoms with van der Waals surface area (Å²) in [6.45, 7) is 4.49. The molecule has 0 aromatic carbocycles. The summed E-state index contributed by atoms with van der Waals surface area (Å²) in [4.78, 5) is 0. The first kappa shape index (κ1) is 14.3. The average molecular weight is 226 g/mol. The molecule has 0 radical (unpaired) electrons. The van der Waals surface area contributed by atoms with Gasteiger partial charge < -0.3 is 24.8 Å². The summed E-state index contributed by atoms with van der Waals surface area (Å²) in [7, 11) is 0. The van der Waals surface area contributed by atoms with E-state index in [0.29, 0.717) is 5.92 Å². The van der Waals surface area contributed by atoms with Crippen LogP contribution >= 0.6 is 0 Å². The monoisotopic (exact) mass is 225 g/mol. The molecule has 0 amide bonds. The van der Waals surface area contributed by atoms with Gasteiger partial charge in [-0.15, -0.1) is 0 Å². The van der Waals surface area contributed by atoms with Crippen molar-refractivity contribution >= 4 is 0 Å². The van der Waals surface area contributed by atoms with Crippen LogP contribution in [-0.4, -0.2) is 0 Å². The fourth-order valence-corrected chi connectivity index (χ4v) is 1.83. The van der Waals surface area contributed by atoms with Crippen LogP contribution in [0.4, 0.5) is 0 Å². The first-order valence-electron chi connectivity index (χ1n) is 3.33. The van der Waals surface area contributed by atoms with E-state index in [2.05, 4.69) is 46.4 Å². The Balaban J connectivity index is 0. The van der Waals surface area contributed by atoms with Gasteiger partial charge in [-0.25, -0.2) is 0 Å². The number of allylic oxidation sites excluding steroid dienone is 4. The van der Waals surface area contributed by atoms with Gasteiger partial charge in [-0.3, -0.25) is 0 Å².